The molecule has 0 aliphatic rings. The number of amides is 1. The van der Waals surface area contributed by atoms with E-state index in [0.717, 1.165) is 11.8 Å². The molecule has 0 heterocycles. The minimum Gasteiger partial charge on any atom is -0.484 e. The maximum Gasteiger partial charge on any atom is 0.258 e. The molecule has 2 aromatic rings. The van der Waals surface area contributed by atoms with Gasteiger partial charge in [0.1, 0.15) is 5.75 Å². The number of carbonyl (C=O) groups excluding carboxylic acids is 1. The third-order valence-corrected chi connectivity index (χ3v) is 5.02. The average Bonchev–Trinajstić information content (AvgIpc) is 2.58. The van der Waals surface area contributed by atoms with Crippen LogP contribution in [-0.2, 0) is 14.6 Å². The van der Waals surface area contributed by atoms with E-state index in [-0.39, 0.29) is 23.5 Å². The van der Waals surface area contributed by atoms with E-state index in [0.29, 0.717) is 17.2 Å². The highest BCUT2D eigenvalue weighted by Crippen LogP contribution is 2.19. The van der Waals surface area contributed by atoms with Gasteiger partial charge in [0.2, 0.25) is 0 Å². The second-order valence-corrected chi connectivity index (χ2v) is 8.06. The highest BCUT2D eigenvalue weighted by atomic mass is 35.5. The fraction of sp³-hybridized carbons (Fsp3) is 0.278. The molecule has 2 aromatic carbocycles. The van der Waals surface area contributed by atoms with Crippen molar-refractivity contribution in [2.24, 2.45) is 0 Å². The number of hydrogen-bond donors (Lipinski definition) is 1. The van der Waals surface area contributed by atoms with E-state index in [9.17, 15) is 13.2 Å². The topological polar surface area (TPSA) is 72.5 Å². The number of rotatable bonds is 7. The summed E-state index contributed by atoms with van der Waals surface area (Å²) >= 11 is 5.80. The number of hydrogen-bond acceptors (Lipinski definition) is 4. The van der Waals surface area contributed by atoms with Gasteiger partial charge in [0.15, 0.2) is 16.4 Å². The van der Waals surface area contributed by atoms with E-state index in [1.165, 1.54) is 0 Å². The van der Waals surface area contributed by atoms with Crippen LogP contribution in [-0.4, -0.2) is 27.2 Å². The van der Waals surface area contributed by atoms with E-state index in [1.807, 2.05) is 6.92 Å². The molecule has 0 bridgehead atoms. The molecule has 0 saturated carbocycles. The molecule has 25 heavy (non-hydrogen) atoms. The minimum atomic E-state index is -3.23. The van der Waals surface area contributed by atoms with Gasteiger partial charge in [-0.05, 0) is 48.4 Å². The summed E-state index contributed by atoms with van der Waals surface area (Å²) in [5, 5.41) is 3.48. The maximum absolute atomic E-state index is 12.1. The van der Waals surface area contributed by atoms with E-state index >= 15 is 0 Å². The first-order valence-electron chi connectivity index (χ1n) is 7.77. The quantitative estimate of drug-likeness (QED) is 0.797. The highest BCUT2D eigenvalue weighted by molar-refractivity contribution is 7.90. The zero-order chi connectivity index (χ0) is 18.4. The Morgan fingerprint density at radius 1 is 1.12 bits per heavy atom. The van der Waals surface area contributed by atoms with Crippen LogP contribution in [0.25, 0.3) is 0 Å². The van der Waals surface area contributed by atoms with Crippen molar-refractivity contribution in [3.8, 4) is 5.75 Å². The molecule has 0 aromatic heterocycles. The Kier molecular flexibility index (Phi) is 6.45. The Bertz CT molecular complexity index is 817. The van der Waals surface area contributed by atoms with Crippen molar-refractivity contribution >= 4 is 27.3 Å². The predicted octanol–water partition coefficient (Wildman–Crippen LogP) is 3.39. The number of benzene rings is 2. The summed E-state index contributed by atoms with van der Waals surface area (Å²) in [4.78, 5) is 12.3. The lowest BCUT2D eigenvalue weighted by atomic mass is 10.0. The lowest BCUT2D eigenvalue weighted by Gasteiger charge is -2.18. The van der Waals surface area contributed by atoms with Crippen molar-refractivity contribution in [3.05, 3.63) is 59.1 Å². The van der Waals surface area contributed by atoms with E-state index in [1.54, 1.807) is 48.5 Å². The van der Waals surface area contributed by atoms with Crippen molar-refractivity contribution in [3.63, 3.8) is 0 Å². The van der Waals surface area contributed by atoms with Crippen molar-refractivity contribution in [2.75, 3.05) is 12.9 Å². The number of halogens is 1. The zero-order valence-corrected chi connectivity index (χ0v) is 15.6. The second kappa shape index (κ2) is 8.36. The molecule has 1 unspecified atom stereocenters. The van der Waals surface area contributed by atoms with E-state index in [4.69, 9.17) is 16.3 Å². The summed E-state index contributed by atoms with van der Waals surface area (Å²) < 4.78 is 28.4. The molecule has 0 aliphatic heterocycles. The van der Waals surface area contributed by atoms with E-state index < -0.39 is 9.84 Å². The van der Waals surface area contributed by atoms with E-state index in [2.05, 4.69) is 5.32 Å². The first kappa shape index (κ1) is 19.3. The summed E-state index contributed by atoms with van der Waals surface area (Å²) in [6, 6.07) is 13.1. The Morgan fingerprint density at radius 3 is 2.24 bits per heavy atom. The number of carbonyl (C=O) groups is 1. The standard InChI is InChI=1S/C18H20ClNO4S/c1-3-17(13-4-10-16(11-5-13)25(2,22)23)20-18(21)12-24-15-8-6-14(19)7-9-15/h4-11,17H,3,12H2,1-2H3,(H,20,21). The Morgan fingerprint density at radius 2 is 1.72 bits per heavy atom. The Hall–Kier alpha value is -2.05. The summed E-state index contributed by atoms with van der Waals surface area (Å²) in [7, 11) is -3.23. The average molecular weight is 382 g/mol. The van der Waals surface area contributed by atoms with Gasteiger partial charge in [0, 0.05) is 11.3 Å². The van der Waals surface area contributed by atoms with Crippen LogP contribution in [0, 0.1) is 0 Å². The number of sulfone groups is 1. The molecule has 0 aliphatic carbocycles. The zero-order valence-electron chi connectivity index (χ0n) is 14.0. The smallest absolute Gasteiger partial charge is 0.258 e. The number of nitrogens with one attached hydrogen (secondary N) is 1. The van der Waals surface area contributed by atoms with Crippen LogP contribution in [0.4, 0.5) is 0 Å². The van der Waals surface area contributed by atoms with Gasteiger partial charge in [-0.15, -0.1) is 0 Å². The largest absolute Gasteiger partial charge is 0.484 e. The Labute approximate surface area is 152 Å². The molecule has 0 radical (unpaired) electrons. The fourth-order valence-electron chi connectivity index (χ4n) is 2.28. The highest BCUT2D eigenvalue weighted by Gasteiger charge is 2.14. The van der Waals surface area contributed by atoms with Crippen LogP contribution >= 0.6 is 11.6 Å². The van der Waals surface area contributed by atoms with Crippen LogP contribution in [0.15, 0.2) is 53.4 Å². The summed E-state index contributed by atoms with van der Waals surface area (Å²) in [5.74, 6) is 0.305. The van der Waals surface area contributed by atoms with Crippen LogP contribution < -0.4 is 10.1 Å². The molecule has 7 heteroatoms. The fourth-order valence-corrected chi connectivity index (χ4v) is 3.04. The Balaban J connectivity index is 1.96. The summed E-state index contributed by atoms with van der Waals surface area (Å²) in [5.41, 5.74) is 0.842. The van der Waals surface area contributed by atoms with Crippen LogP contribution in [0.3, 0.4) is 0 Å². The van der Waals surface area contributed by atoms with Gasteiger partial charge in [-0.3, -0.25) is 4.79 Å². The molecule has 2 rings (SSSR count). The molecule has 1 N–H and O–H groups in total. The van der Waals surface area contributed by atoms with Crippen molar-refractivity contribution in [1.29, 1.82) is 0 Å². The first-order chi connectivity index (χ1) is 11.8. The lowest BCUT2D eigenvalue weighted by molar-refractivity contribution is -0.123. The molecule has 0 saturated heterocycles. The van der Waals surface area contributed by atoms with Crippen LogP contribution in [0.1, 0.15) is 24.9 Å². The molecule has 0 fully saturated rings. The number of ether oxygens (including phenoxy) is 1. The third kappa shape index (κ3) is 5.76. The molecule has 0 spiro atoms. The molecule has 5 nitrogen and oxygen atoms in total. The summed E-state index contributed by atoms with van der Waals surface area (Å²) in [6.07, 6.45) is 1.83. The van der Waals surface area contributed by atoms with Crippen molar-refractivity contribution in [2.45, 2.75) is 24.3 Å². The van der Waals surface area contributed by atoms with Gasteiger partial charge in [-0.2, -0.15) is 0 Å². The normalized spacial score (nSPS) is 12.4. The first-order valence-corrected chi connectivity index (χ1v) is 10.0. The molecular weight excluding hydrogens is 362 g/mol. The third-order valence-electron chi connectivity index (χ3n) is 3.64. The van der Waals surface area contributed by atoms with Crippen LogP contribution in [0.2, 0.25) is 5.02 Å². The molecule has 1 amide bonds. The van der Waals surface area contributed by atoms with Crippen molar-refractivity contribution < 1.29 is 17.9 Å². The maximum atomic E-state index is 12.1. The van der Waals surface area contributed by atoms with Crippen molar-refractivity contribution in [1.82, 2.24) is 5.32 Å². The minimum absolute atomic E-state index is 0.112. The monoisotopic (exact) mass is 381 g/mol. The SMILES string of the molecule is CCC(NC(=O)COc1ccc(Cl)cc1)c1ccc(S(C)(=O)=O)cc1. The predicted molar refractivity (Wildman–Crippen MR) is 97.7 cm³/mol. The molecule has 1 atom stereocenters. The van der Waals surface area contributed by atoms with Gasteiger partial charge < -0.3 is 10.1 Å². The molecule has 134 valence electrons. The summed E-state index contributed by atoms with van der Waals surface area (Å²) in [6.45, 7) is 1.83. The van der Waals surface area contributed by atoms with Gasteiger partial charge in [-0.1, -0.05) is 30.7 Å². The lowest BCUT2D eigenvalue weighted by Crippen LogP contribution is -2.32. The second-order valence-electron chi connectivity index (χ2n) is 5.61. The molecular formula is C18H20ClNO4S. The van der Waals surface area contributed by atoms with Gasteiger partial charge in [0.25, 0.3) is 5.91 Å². The van der Waals surface area contributed by atoms with Gasteiger partial charge >= 0.3 is 0 Å². The van der Waals surface area contributed by atoms with Crippen LogP contribution in [0.5, 0.6) is 5.75 Å². The van der Waals surface area contributed by atoms with Gasteiger partial charge in [0.05, 0.1) is 10.9 Å². The van der Waals surface area contributed by atoms with Gasteiger partial charge in [-0.25, -0.2) is 8.42 Å².